The Kier molecular flexibility index (Phi) is 6.62. The van der Waals surface area contributed by atoms with Crippen molar-refractivity contribution in [3.05, 3.63) is 46.2 Å². The first-order valence-corrected chi connectivity index (χ1v) is 8.30. The molecule has 128 valence electrons. The Balaban J connectivity index is 1.77. The summed E-state index contributed by atoms with van der Waals surface area (Å²) in [7, 11) is 3.05. The van der Waals surface area contributed by atoms with E-state index in [-0.39, 0.29) is 11.8 Å². The minimum atomic E-state index is -0.250. The highest BCUT2D eigenvalue weighted by Gasteiger charge is 2.10. The van der Waals surface area contributed by atoms with E-state index < -0.39 is 0 Å². The van der Waals surface area contributed by atoms with Crippen molar-refractivity contribution in [1.82, 2.24) is 10.6 Å². The maximum atomic E-state index is 12.1. The molecule has 0 saturated carbocycles. The van der Waals surface area contributed by atoms with Crippen LogP contribution in [0.25, 0.3) is 0 Å². The van der Waals surface area contributed by atoms with Crippen LogP contribution in [0.3, 0.4) is 0 Å². The molecule has 0 fully saturated rings. The van der Waals surface area contributed by atoms with Crippen LogP contribution in [0.4, 0.5) is 0 Å². The molecule has 7 heteroatoms. The van der Waals surface area contributed by atoms with Crippen molar-refractivity contribution in [3.63, 3.8) is 0 Å². The van der Waals surface area contributed by atoms with Crippen LogP contribution in [0.2, 0.25) is 0 Å². The van der Waals surface area contributed by atoms with Crippen molar-refractivity contribution >= 4 is 23.2 Å². The van der Waals surface area contributed by atoms with Gasteiger partial charge in [0.25, 0.3) is 5.91 Å². The van der Waals surface area contributed by atoms with Crippen molar-refractivity contribution in [2.24, 2.45) is 0 Å². The number of ether oxygens (including phenoxy) is 2. The fourth-order valence-electron chi connectivity index (χ4n) is 2.05. The number of hydrogen-bond acceptors (Lipinski definition) is 5. The van der Waals surface area contributed by atoms with Gasteiger partial charge in [-0.05, 0) is 23.6 Å². The van der Waals surface area contributed by atoms with Gasteiger partial charge in [0, 0.05) is 29.6 Å². The van der Waals surface area contributed by atoms with E-state index in [2.05, 4.69) is 10.6 Å². The molecule has 6 nitrogen and oxygen atoms in total. The average Bonchev–Trinajstić information content (AvgIpc) is 3.10. The van der Waals surface area contributed by atoms with Gasteiger partial charge < -0.3 is 20.1 Å². The summed E-state index contributed by atoms with van der Waals surface area (Å²) in [6.45, 7) is 0.714. The number of rotatable bonds is 8. The summed E-state index contributed by atoms with van der Waals surface area (Å²) in [6.07, 6.45) is 0.360. The maximum absolute atomic E-state index is 12.1. The lowest BCUT2D eigenvalue weighted by Crippen LogP contribution is -2.35. The largest absolute Gasteiger partial charge is 0.497 e. The van der Waals surface area contributed by atoms with E-state index in [4.69, 9.17) is 9.47 Å². The van der Waals surface area contributed by atoms with E-state index in [1.807, 2.05) is 17.5 Å². The maximum Gasteiger partial charge on any atom is 0.251 e. The number of carbonyl (C=O) groups excluding carboxylic acids is 2. The van der Waals surface area contributed by atoms with Crippen LogP contribution >= 0.6 is 11.3 Å². The van der Waals surface area contributed by atoms with Gasteiger partial charge in [-0.2, -0.15) is 0 Å². The zero-order valence-corrected chi connectivity index (χ0v) is 14.4. The molecule has 0 aliphatic carbocycles. The van der Waals surface area contributed by atoms with Crippen LogP contribution in [0.5, 0.6) is 11.5 Å². The minimum Gasteiger partial charge on any atom is -0.497 e. The molecule has 2 amide bonds. The summed E-state index contributed by atoms with van der Waals surface area (Å²) in [5, 5.41) is 7.47. The first-order chi connectivity index (χ1) is 11.6. The van der Waals surface area contributed by atoms with Gasteiger partial charge in [-0.25, -0.2) is 0 Å². The van der Waals surface area contributed by atoms with Crippen molar-refractivity contribution in [1.29, 1.82) is 0 Å². The summed E-state index contributed by atoms with van der Waals surface area (Å²) < 4.78 is 10.3. The number of nitrogens with one attached hydrogen (secondary N) is 2. The van der Waals surface area contributed by atoms with E-state index in [1.54, 1.807) is 29.5 Å². The molecule has 2 rings (SSSR count). The summed E-state index contributed by atoms with van der Waals surface area (Å²) in [5.41, 5.74) is 0.441. The van der Waals surface area contributed by atoms with Crippen molar-refractivity contribution < 1.29 is 19.1 Å². The third kappa shape index (κ3) is 5.27. The molecule has 0 bridgehead atoms. The van der Waals surface area contributed by atoms with Crippen LogP contribution in [0.1, 0.15) is 15.2 Å². The zero-order chi connectivity index (χ0) is 17.4. The third-order valence-electron chi connectivity index (χ3n) is 3.26. The van der Waals surface area contributed by atoms with E-state index in [9.17, 15) is 9.59 Å². The smallest absolute Gasteiger partial charge is 0.251 e. The fraction of sp³-hybridized carbons (Fsp3) is 0.294. The predicted molar refractivity (Wildman–Crippen MR) is 92.9 cm³/mol. The Morgan fingerprint density at radius 1 is 1.04 bits per heavy atom. The van der Waals surface area contributed by atoms with Crippen LogP contribution in [-0.2, 0) is 11.2 Å². The fourth-order valence-corrected chi connectivity index (χ4v) is 2.76. The molecule has 2 N–H and O–H groups in total. The van der Waals surface area contributed by atoms with Gasteiger partial charge in [0.15, 0.2) is 0 Å². The average molecular weight is 348 g/mol. The Morgan fingerprint density at radius 2 is 1.71 bits per heavy atom. The number of thiophene rings is 1. The van der Waals surface area contributed by atoms with E-state index >= 15 is 0 Å². The Bertz CT molecular complexity index is 664. The lowest BCUT2D eigenvalue weighted by atomic mass is 10.2. The summed E-state index contributed by atoms with van der Waals surface area (Å²) in [6, 6.07) is 8.79. The molecule has 24 heavy (non-hydrogen) atoms. The molecule has 0 unspecified atom stereocenters. The standard InChI is InChI=1S/C17H20N2O4S/c1-22-13-8-12(9-14(10-13)23-2)17(21)19-6-5-18-16(20)11-15-4-3-7-24-15/h3-4,7-10H,5-6,11H2,1-2H3,(H,18,20)(H,19,21). The predicted octanol–water partition coefficient (Wildman–Crippen LogP) is 1.85. The lowest BCUT2D eigenvalue weighted by molar-refractivity contribution is -0.120. The second-order valence-electron chi connectivity index (χ2n) is 4.96. The van der Waals surface area contributed by atoms with Gasteiger partial charge in [-0.3, -0.25) is 9.59 Å². The first kappa shape index (κ1) is 17.8. The molecule has 0 aliphatic heterocycles. The quantitative estimate of drug-likeness (QED) is 0.714. The molecule has 1 aromatic carbocycles. The Morgan fingerprint density at radius 3 is 2.29 bits per heavy atom. The van der Waals surface area contributed by atoms with Crippen LogP contribution in [0.15, 0.2) is 35.7 Å². The molecule has 0 atom stereocenters. The molecule has 0 aliphatic rings. The van der Waals surface area contributed by atoms with Crippen molar-refractivity contribution in [2.45, 2.75) is 6.42 Å². The number of methoxy groups -OCH3 is 2. The number of benzene rings is 1. The summed E-state index contributed by atoms with van der Waals surface area (Å²) in [4.78, 5) is 24.9. The van der Waals surface area contributed by atoms with Crippen LogP contribution < -0.4 is 20.1 Å². The molecular formula is C17H20N2O4S. The number of hydrogen-bond donors (Lipinski definition) is 2. The molecule has 0 spiro atoms. The monoisotopic (exact) mass is 348 g/mol. The van der Waals surface area contributed by atoms with E-state index in [1.165, 1.54) is 14.2 Å². The van der Waals surface area contributed by atoms with Gasteiger partial charge in [-0.1, -0.05) is 6.07 Å². The SMILES string of the molecule is COc1cc(OC)cc(C(=O)NCCNC(=O)Cc2cccs2)c1. The second-order valence-corrected chi connectivity index (χ2v) is 6.00. The van der Waals surface area contributed by atoms with Gasteiger partial charge in [0.05, 0.1) is 20.6 Å². The number of carbonyl (C=O) groups is 2. The highest BCUT2D eigenvalue weighted by molar-refractivity contribution is 7.10. The Hall–Kier alpha value is -2.54. The molecule has 1 heterocycles. The van der Waals surface area contributed by atoms with Crippen molar-refractivity contribution in [2.75, 3.05) is 27.3 Å². The second kappa shape index (κ2) is 8.93. The lowest BCUT2D eigenvalue weighted by Gasteiger charge is -2.10. The highest BCUT2D eigenvalue weighted by Crippen LogP contribution is 2.22. The van der Waals surface area contributed by atoms with Crippen LogP contribution in [0, 0.1) is 0 Å². The van der Waals surface area contributed by atoms with Gasteiger partial charge in [-0.15, -0.1) is 11.3 Å². The zero-order valence-electron chi connectivity index (χ0n) is 13.6. The van der Waals surface area contributed by atoms with Crippen LogP contribution in [-0.4, -0.2) is 39.1 Å². The molecule has 0 saturated heterocycles. The number of amides is 2. The normalized spacial score (nSPS) is 10.1. The van der Waals surface area contributed by atoms with Crippen molar-refractivity contribution in [3.8, 4) is 11.5 Å². The Labute approximate surface area is 144 Å². The van der Waals surface area contributed by atoms with E-state index in [0.717, 1.165) is 4.88 Å². The highest BCUT2D eigenvalue weighted by atomic mass is 32.1. The summed E-state index contributed by atoms with van der Waals surface area (Å²) >= 11 is 1.55. The molecular weight excluding hydrogens is 328 g/mol. The minimum absolute atomic E-state index is 0.0604. The molecule has 0 radical (unpaired) electrons. The third-order valence-corrected chi connectivity index (χ3v) is 4.14. The molecule has 1 aromatic heterocycles. The molecule has 2 aromatic rings. The summed E-state index contributed by atoms with van der Waals surface area (Å²) in [5.74, 6) is 0.780. The van der Waals surface area contributed by atoms with Gasteiger partial charge in [0.1, 0.15) is 11.5 Å². The first-order valence-electron chi connectivity index (χ1n) is 7.42. The topological polar surface area (TPSA) is 76.7 Å². The van der Waals surface area contributed by atoms with Gasteiger partial charge in [0.2, 0.25) is 5.91 Å². The van der Waals surface area contributed by atoms with E-state index in [0.29, 0.717) is 36.6 Å². The van der Waals surface area contributed by atoms with Gasteiger partial charge >= 0.3 is 0 Å².